The van der Waals surface area contributed by atoms with Gasteiger partial charge in [-0.1, -0.05) is 88.6 Å². The fourth-order valence-corrected chi connectivity index (χ4v) is 3.97. The molecule has 5 rings (SSSR count). The van der Waals surface area contributed by atoms with E-state index in [9.17, 15) is 0 Å². The largest absolute Gasteiger partial charge is 0.350 e. The van der Waals surface area contributed by atoms with Crippen molar-refractivity contribution in [1.82, 2.24) is 15.1 Å². The lowest BCUT2D eigenvalue weighted by molar-refractivity contribution is -0.566. The first-order chi connectivity index (χ1) is 12.9. The summed E-state index contributed by atoms with van der Waals surface area (Å²) in [5, 5.41) is 10.8. The van der Waals surface area contributed by atoms with Crippen molar-refractivity contribution in [2.45, 2.75) is 0 Å². The van der Waals surface area contributed by atoms with Crippen LogP contribution in [0.5, 0.6) is 0 Å². The summed E-state index contributed by atoms with van der Waals surface area (Å²) in [7, 11) is 0. The van der Waals surface area contributed by atoms with E-state index < -0.39 is 0 Å². The van der Waals surface area contributed by atoms with Crippen LogP contribution in [0.4, 0.5) is 0 Å². The maximum absolute atomic E-state index is 4.35. The number of rotatable bonds is 3. The average Bonchev–Trinajstić information content (AvgIpc) is 3.32. The van der Waals surface area contributed by atoms with E-state index in [0.717, 1.165) is 21.9 Å². The second kappa shape index (κ2) is 6.20. The van der Waals surface area contributed by atoms with E-state index in [2.05, 4.69) is 64.3 Å². The van der Waals surface area contributed by atoms with Crippen molar-refractivity contribution in [2.75, 3.05) is 0 Å². The molecule has 0 saturated heterocycles. The maximum Gasteiger partial charge on any atom is 0.350 e. The molecule has 0 aliphatic carbocycles. The smallest absolute Gasteiger partial charge is 0.0869 e. The molecule has 2 heterocycles. The molecule has 2 aromatic heterocycles. The Bertz CT molecular complexity index is 1160. The van der Waals surface area contributed by atoms with E-state index in [1.807, 2.05) is 45.6 Å². The molecule has 4 nitrogen and oxygen atoms in total. The Morgan fingerprint density at radius 1 is 0.692 bits per heavy atom. The zero-order valence-electron chi connectivity index (χ0n) is 13.9. The number of para-hydroxylation sites is 1. The normalized spacial score (nSPS) is 11.1. The highest BCUT2D eigenvalue weighted by Gasteiger charge is 2.21. The topological polar surface area (TPSA) is 34.8 Å². The van der Waals surface area contributed by atoms with Gasteiger partial charge in [0.25, 0.3) is 0 Å². The molecule has 0 N–H and O–H groups in total. The first-order valence-electron chi connectivity index (χ1n) is 8.37. The van der Waals surface area contributed by atoms with Gasteiger partial charge in [0.2, 0.25) is 0 Å². The maximum atomic E-state index is 4.35. The lowest BCUT2D eigenvalue weighted by atomic mass is 10.0. The van der Waals surface area contributed by atoms with E-state index in [0.29, 0.717) is 0 Å². The molecule has 3 aromatic carbocycles. The van der Waals surface area contributed by atoms with Gasteiger partial charge < -0.3 is 0 Å². The Labute approximate surface area is 154 Å². The molecule has 0 fully saturated rings. The first kappa shape index (κ1) is 15.0. The van der Waals surface area contributed by atoms with Crippen molar-refractivity contribution < 1.29 is 4.52 Å². The van der Waals surface area contributed by atoms with Crippen molar-refractivity contribution in [3.05, 3.63) is 90.3 Å². The number of aromatic nitrogens is 4. The van der Waals surface area contributed by atoms with Crippen LogP contribution in [0.3, 0.4) is 0 Å². The van der Waals surface area contributed by atoms with E-state index >= 15 is 0 Å². The van der Waals surface area contributed by atoms with Crippen LogP contribution in [0.2, 0.25) is 0 Å². The summed E-state index contributed by atoms with van der Waals surface area (Å²) >= 11 is 1.64. The van der Waals surface area contributed by atoms with Gasteiger partial charge in [-0.3, -0.25) is 0 Å². The number of fused-ring (bicyclic) bond motifs is 1. The van der Waals surface area contributed by atoms with Crippen molar-refractivity contribution in [3.63, 3.8) is 0 Å². The quantitative estimate of drug-likeness (QED) is 0.450. The van der Waals surface area contributed by atoms with E-state index in [1.165, 1.54) is 11.1 Å². The minimum atomic E-state index is 0.985. The predicted molar refractivity (Wildman–Crippen MR) is 103 cm³/mol. The second-order valence-corrected chi connectivity index (χ2v) is 6.82. The molecule has 0 atom stereocenters. The zero-order valence-corrected chi connectivity index (χ0v) is 14.7. The van der Waals surface area contributed by atoms with Crippen LogP contribution in [-0.2, 0) is 0 Å². The van der Waals surface area contributed by atoms with Crippen LogP contribution < -0.4 is 4.52 Å². The van der Waals surface area contributed by atoms with Gasteiger partial charge in [0.15, 0.2) is 5.21 Å². The van der Waals surface area contributed by atoms with Crippen LogP contribution in [0.1, 0.15) is 0 Å². The van der Waals surface area contributed by atoms with Gasteiger partial charge >= 0.3 is 4.96 Å². The van der Waals surface area contributed by atoms with Crippen LogP contribution >= 0.6 is 11.3 Å². The zero-order chi connectivity index (χ0) is 17.3. The number of nitrogens with zero attached hydrogens (tertiary/aromatic N) is 4. The molecule has 0 radical (unpaired) electrons. The summed E-state index contributed by atoms with van der Waals surface area (Å²) in [6, 6.07) is 29.0. The molecule has 0 bridgehead atoms. The highest BCUT2D eigenvalue weighted by Crippen LogP contribution is 2.25. The Morgan fingerprint density at radius 2 is 1.31 bits per heavy atom. The van der Waals surface area contributed by atoms with Gasteiger partial charge in [-0.2, -0.15) is 0 Å². The molecule has 0 unspecified atom stereocenters. The fraction of sp³-hybridized carbons (Fsp3) is 0. The van der Waals surface area contributed by atoms with Crippen LogP contribution in [-0.4, -0.2) is 15.1 Å². The minimum absolute atomic E-state index is 0.985. The number of thiazole rings is 1. The SMILES string of the molecule is c1ccc(-c2ccc(-c3csc4n(-c5ccccc5)nn[n+]34)cc2)cc1. The number of hydrogen-bond donors (Lipinski definition) is 0. The number of benzene rings is 3. The third-order valence-electron chi connectivity index (χ3n) is 4.37. The minimum Gasteiger partial charge on any atom is -0.0869 e. The molecule has 0 amide bonds. The first-order valence-corrected chi connectivity index (χ1v) is 9.25. The molecule has 0 aliphatic rings. The molecule has 0 spiro atoms. The van der Waals surface area contributed by atoms with Gasteiger partial charge in [-0.15, -0.1) is 0 Å². The van der Waals surface area contributed by atoms with Crippen LogP contribution in [0.25, 0.3) is 33.0 Å². The molecule has 0 saturated carbocycles. The van der Waals surface area contributed by atoms with Gasteiger partial charge in [-0.25, -0.2) is 0 Å². The Balaban J connectivity index is 1.55. The highest BCUT2D eigenvalue weighted by molar-refractivity contribution is 7.15. The van der Waals surface area contributed by atoms with Crippen molar-refractivity contribution in [1.29, 1.82) is 0 Å². The molecule has 0 aliphatic heterocycles. The van der Waals surface area contributed by atoms with Gasteiger partial charge in [0.1, 0.15) is 16.6 Å². The van der Waals surface area contributed by atoms with E-state index in [-0.39, 0.29) is 0 Å². The third kappa shape index (κ3) is 2.50. The third-order valence-corrected chi connectivity index (χ3v) is 5.27. The predicted octanol–water partition coefficient (Wildman–Crippen LogP) is 4.40. The Morgan fingerprint density at radius 3 is 2.04 bits per heavy atom. The molecule has 5 aromatic rings. The van der Waals surface area contributed by atoms with Crippen molar-refractivity contribution in [2.24, 2.45) is 0 Å². The van der Waals surface area contributed by atoms with Gasteiger partial charge in [0, 0.05) is 10.9 Å². The standard InChI is InChI=1S/C21H15N4S/c1-3-7-16(8-4-1)17-11-13-18(14-12-17)20-15-26-21-24(22-23-25(20)21)19-9-5-2-6-10-19/h1-15H/q+1. The van der Waals surface area contributed by atoms with Gasteiger partial charge in [-0.05, 0) is 27.9 Å². The summed E-state index contributed by atoms with van der Waals surface area (Å²) in [6.07, 6.45) is 0. The average molecular weight is 355 g/mol. The van der Waals surface area contributed by atoms with E-state index in [4.69, 9.17) is 0 Å². The molecular weight excluding hydrogens is 340 g/mol. The lowest BCUT2D eigenvalue weighted by Gasteiger charge is -2.02. The van der Waals surface area contributed by atoms with Crippen LogP contribution in [0.15, 0.2) is 90.3 Å². The molecular formula is C21H15N4S+. The number of hydrogen-bond acceptors (Lipinski definition) is 3. The van der Waals surface area contributed by atoms with Crippen LogP contribution in [0, 0.1) is 0 Å². The summed E-state index contributed by atoms with van der Waals surface area (Å²) in [5.74, 6) is 0. The monoisotopic (exact) mass is 355 g/mol. The van der Waals surface area contributed by atoms with Crippen molar-refractivity contribution >= 4 is 16.3 Å². The van der Waals surface area contributed by atoms with E-state index in [1.54, 1.807) is 11.3 Å². The lowest BCUT2D eigenvalue weighted by Crippen LogP contribution is -2.23. The summed E-state index contributed by atoms with van der Waals surface area (Å²) in [6.45, 7) is 0. The molecule has 5 heteroatoms. The summed E-state index contributed by atoms with van der Waals surface area (Å²) in [4.78, 5) is 0.985. The fourth-order valence-electron chi connectivity index (χ4n) is 3.04. The van der Waals surface area contributed by atoms with Gasteiger partial charge in [0.05, 0.1) is 0 Å². The van der Waals surface area contributed by atoms with Crippen molar-refractivity contribution in [3.8, 4) is 28.1 Å². The Hall–Kier alpha value is -3.31. The molecule has 124 valence electrons. The summed E-state index contributed by atoms with van der Waals surface area (Å²) < 4.78 is 3.77. The molecule has 26 heavy (non-hydrogen) atoms. The number of tetrazole rings is 1. The second-order valence-electron chi connectivity index (χ2n) is 5.98. The Kier molecular flexibility index (Phi) is 3.57. The highest BCUT2D eigenvalue weighted by atomic mass is 32.1. The summed E-state index contributed by atoms with van der Waals surface area (Å²) in [5.41, 5.74) is 5.61.